The fourth-order valence-corrected chi connectivity index (χ4v) is 3.38. The third-order valence-corrected chi connectivity index (χ3v) is 5.27. The normalized spacial score (nSPS) is 12.8. The average Bonchev–Trinajstić information content (AvgIpc) is 2.93. The molecule has 1 aliphatic heterocycles. The van der Waals surface area contributed by atoms with Crippen molar-refractivity contribution in [3.05, 3.63) is 87.9 Å². The van der Waals surface area contributed by atoms with Gasteiger partial charge in [0.1, 0.15) is 11.5 Å². The fourth-order valence-electron chi connectivity index (χ4n) is 3.12. The Labute approximate surface area is 178 Å². The molecule has 0 bridgehead atoms. The van der Waals surface area contributed by atoms with E-state index in [0.29, 0.717) is 5.84 Å². The number of fused-ring (bicyclic) bond motifs is 1. The van der Waals surface area contributed by atoms with Crippen LogP contribution in [0.5, 0.6) is 5.75 Å². The summed E-state index contributed by atoms with van der Waals surface area (Å²) in [7, 11) is 5.71. The van der Waals surface area contributed by atoms with Crippen LogP contribution in [0, 0.1) is 0 Å². The smallest absolute Gasteiger partial charge is 0.154 e. The number of hydrogen-bond donors (Lipinski definition) is 1. The third kappa shape index (κ3) is 4.03. The predicted molar refractivity (Wildman–Crippen MR) is 123 cm³/mol. The van der Waals surface area contributed by atoms with Gasteiger partial charge in [-0.05, 0) is 42.5 Å². The number of methoxy groups -OCH3 is 1. The number of nitrogens with one attached hydrogen (secondary N) is 1. The number of aliphatic imine (C=N–C) groups is 1. The first-order valence-electron chi connectivity index (χ1n) is 9.19. The zero-order valence-electron chi connectivity index (χ0n) is 16.5. The lowest BCUT2D eigenvalue weighted by Crippen LogP contribution is -2.19. The number of nitrogens with zero attached hydrogens (tertiary/aromatic N) is 3. The first-order chi connectivity index (χ1) is 14.0. The van der Waals surface area contributed by atoms with E-state index in [9.17, 15) is 0 Å². The van der Waals surface area contributed by atoms with Crippen molar-refractivity contribution in [2.24, 2.45) is 10.1 Å². The summed E-state index contributed by atoms with van der Waals surface area (Å²) >= 11 is 3.48. The lowest BCUT2D eigenvalue weighted by atomic mass is 10.00. The second-order valence-electron chi connectivity index (χ2n) is 6.86. The van der Waals surface area contributed by atoms with Crippen LogP contribution >= 0.6 is 15.9 Å². The summed E-state index contributed by atoms with van der Waals surface area (Å²) in [6.07, 6.45) is 0. The largest absolute Gasteiger partial charge is 0.497 e. The number of anilines is 1. The molecule has 0 aromatic heterocycles. The van der Waals surface area contributed by atoms with Gasteiger partial charge < -0.3 is 9.64 Å². The van der Waals surface area contributed by atoms with Crippen molar-refractivity contribution >= 4 is 38.9 Å². The molecule has 146 valence electrons. The topological polar surface area (TPSA) is 49.2 Å². The molecule has 0 amide bonds. The molecule has 0 unspecified atom stereocenters. The van der Waals surface area contributed by atoms with Crippen molar-refractivity contribution < 1.29 is 4.74 Å². The second-order valence-corrected chi connectivity index (χ2v) is 7.78. The lowest BCUT2D eigenvalue weighted by Gasteiger charge is -2.14. The monoisotopic (exact) mass is 448 g/mol. The van der Waals surface area contributed by atoms with E-state index < -0.39 is 0 Å². The fraction of sp³-hybridized carbons (Fsp3) is 0.130. The number of ether oxygens (including phenoxy) is 1. The molecule has 0 saturated carbocycles. The molecule has 4 rings (SSSR count). The van der Waals surface area contributed by atoms with Crippen LogP contribution in [0.15, 0.2) is 81.3 Å². The summed E-state index contributed by atoms with van der Waals surface area (Å²) in [4.78, 5) is 6.92. The summed E-state index contributed by atoms with van der Waals surface area (Å²) in [5.41, 5.74) is 8.83. The molecule has 0 radical (unpaired) electrons. The highest BCUT2D eigenvalue weighted by Gasteiger charge is 2.18. The van der Waals surface area contributed by atoms with Crippen LogP contribution in [-0.4, -0.2) is 32.8 Å². The van der Waals surface area contributed by atoms with E-state index in [1.165, 1.54) is 0 Å². The first-order valence-corrected chi connectivity index (χ1v) is 9.99. The maximum Gasteiger partial charge on any atom is 0.154 e. The van der Waals surface area contributed by atoms with Gasteiger partial charge in [0.05, 0.1) is 12.8 Å². The van der Waals surface area contributed by atoms with E-state index in [4.69, 9.17) is 14.8 Å². The Hall–Kier alpha value is -3.12. The summed E-state index contributed by atoms with van der Waals surface area (Å²) in [6.45, 7) is 0. The van der Waals surface area contributed by atoms with Gasteiger partial charge in [0, 0.05) is 40.9 Å². The highest BCUT2D eigenvalue weighted by Crippen LogP contribution is 2.30. The Balaban J connectivity index is 1.82. The minimum atomic E-state index is 0.698. The molecule has 3 aromatic rings. The van der Waals surface area contributed by atoms with Crippen LogP contribution < -0.4 is 15.1 Å². The Kier molecular flexibility index (Phi) is 5.36. The molecule has 0 aliphatic carbocycles. The molecule has 29 heavy (non-hydrogen) atoms. The molecule has 0 spiro atoms. The van der Waals surface area contributed by atoms with Crippen molar-refractivity contribution in [1.29, 1.82) is 0 Å². The van der Waals surface area contributed by atoms with Crippen molar-refractivity contribution in [3.63, 3.8) is 0 Å². The molecular formula is C23H21BrN4O. The summed E-state index contributed by atoms with van der Waals surface area (Å²) in [5.74, 6) is 1.47. The highest BCUT2D eigenvalue weighted by atomic mass is 79.9. The molecule has 5 nitrogen and oxygen atoms in total. The van der Waals surface area contributed by atoms with Gasteiger partial charge in [-0.25, -0.2) is 4.99 Å². The van der Waals surface area contributed by atoms with E-state index in [2.05, 4.69) is 50.5 Å². The van der Waals surface area contributed by atoms with Gasteiger partial charge in [-0.2, -0.15) is 5.10 Å². The van der Waals surface area contributed by atoms with Crippen molar-refractivity contribution in [2.45, 2.75) is 0 Å². The second kappa shape index (κ2) is 8.09. The van der Waals surface area contributed by atoms with E-state index in [1.54, 1.807) is 7.11 Å². The maximum atomic E-state index is 5.44. The Morgan fingerprint density at radius 1 is 0.897 bits per heavy atom. The summed E-state index contributed by atoms with van der Waals surface area (Å²) in [5, 5.41) is 4.72. The van der Waals surface area contributed by atoms with Gasteiger partial charge in [-0.3, -0.25) is 5.43 Å². The quantitative estimate of drug-likeness (QED) is 0.613. The van der Waals surface area contributed by atoms with Crippen LogP contribution in [-0.2, 0) is 0 Å². The van der Waals surface area contributed by atoms with Gasteiger partial charge in [-0.15, -0.1) is 0 Å². The predicted octanol–water partition coefficient (Wildman–Crippen LogP) is 4.96. The molecule has 1 aliphatic rings. The van der Waals surface area contributed by atoms with Gasteiger partial charge in [-0.1, -0.05) is 40.2 Å². The molecule has 0 saturated heterocycles. The van der Waals surface area contributed by atoms with Crippen LogP contribution in [0.2, 0.25) is 0 Å². The lowest BCUT2D eigenvalue weighted by molar-refractivity contribution is 0.415. The number of hydrazone groups is 1. The van der Waals surface area contributed by atoms with Crippen molar-refractivity contribution in [3.8, 4) is 5.75 Å². The first kappa shape index (κ1) is 19.2. The minimum absolute atomic E-state index is 0.698. The molecule has 6 heteroatoms. The molecule has 3 aromatic carbocycles. The Bertz CT molecular complexity index is 1090. The third-order valence-electron chi connectivity index (χ3n) is 4.74. The number of rotatable bonds is 4. The van der Waals surface area contributed by atoms with Crippen LogP contribution in [0.3, 0.4) is 0 Å². The average molecular weight is 449 g/mol. The maximum absolute atomic E-state index is 5.44. The molecule has 0 fully saturated rings. The van der Waals surface area contributed by atoms with Crippen LogP contribution in [0.25, 0.3) is 0 Å². The molecule has 1 N–H and O–H groups in total. The van der Waals surface area contributed by atoms with Crippen molar-refractivity contribution in [2.75, 3.05) is 26.1 Å². The van der Waals surface area contributed by atoms with Crippen LogP contribution in [0.4, 0.5) is 11.4 Å². The zero-order valence-corrected chi connectivity index (χ0v) is 18.1. The number of amidine groups is 1. The molecule has 0 atom stereocenters. The number of halogens is 1. The summed E-state index contributed by atoms with van der Waals surface area (Å²) < 4.78 is 6.46. The van der Waals surface area contributed by atoms with Gasteiger partial charge in [0.15, 0.2) is 5.84 Å². The Morgan fingerprint density at radius 2 is 1.59 bits per heavy atom. The van der Waals surface area contributed by atoms with Gasteiger partial charge in [0.2, 0.25) is 0 Å². The SMILES string of the molecule is COc1ccc2c(c1)C(c1ccc(N(C)C)cc1)=NNC(c1ccc(Br)cc1)=N2. The van der Waals surface area contributed by atoms with Gasteiger partial charge in [0.25, 0.3) is 0 Å². The molecule has 1 heterocycles. The minimum Gasteiger partial charge on any atom is -0.497 e. The van der Waals surface area contributed by atoms with E-state index >= 15 is 0 Å². The number of hydrogen-bond acceptors (Lipinski definition) is 5. The van der Waals surface area contributed by atoms with E-state index in [-0.39, 0.29) is 0 Å². The number of benzene rings is 3. The van der Waals surface area contributed by atoms with Crippen molar-refractivity contribution in [1.82, 2.24) is 5.43 Å². The molecular weight excluding hydrogens is 428 g/mol. The van der Waals surface area contributed by atoms with Gasteiger partial charge >= 0.3 is 0 Å². The Morgan fingerprint density at radius 3 is 2.24 bits per heavy atom. The van der Waals surface area contributed by atoms with E-state index in [0.717, 1.165) is 44.0 Å². The van der Waals surface area contributed by atoms with E-state index in [1.807, 2.05) is 56.6 Å². The summed E-state index contributed by atoms with van der Waals surface area (Å²) in [6, 6.07) is 22.2. The zero-order chi connectivity index (χ0) is 20.4. The van der Waals surface area contributed by atoms with Crippen LogP contribution in [0.1, 0.15) is 16.7 Å². The highest BCUT2D eigenvalue weighted by molar-refractivity contribution is 9.10. The standard InChI is InChI=1S/C23H21BrN4O/c1-28(2)18-10-6-15(7-11-18)22-20-14-19(29-3)12-13-21(20)25-23(27-26-22)16-4-8-17(24)9-5-16/h4-14H,1-3H3,(H,25,27).